The quantitative estimate of drug-likeness (QED) is 0.815. The Kier molecular flexibility index (Phi) is 2.69. The van der Waals surface area contributed by atoms with E-state index in [1.807, 2.05) is 0 Å². The number of nitrogens with zero attached hydrogens (tertiary/aromatic N) is 1. The van der Waals surface area contributed by atoms with Crippen molar-refractivity contribution in [3.05, 3.63) is 0 Å². The molecule has 96 valence electrons. The van der Waals surface area contributed by atoms with E-state index in [1.165, 1.54) is 19.3 Å². The van der Waals surface area contributed by atoms with Crippen molar-refractivity contribution >= 4 is 5.91 Å². The van der Waals surface area contributed by atoms with Gasteiger partial charge >= 0.3 is 0 Å². The van der Waals surface area contributed by atoms with Gasteiger partial charge in [-0.3, -0.25) is 10.1 Å². The maximum atomic E-state index is 12.7. The molecule has 0 aromatic rings. The van der Waals surface area contributed by atoms with Gasteiger partial charge in [0.25, 0.3) is 0 Å². The Hall–Kier alpha value is -0.570. The van der Waals surface area contributed by atoms with E-state index >= 15 is 0 Å². The molecule has 3 rings (SSSR count). The minimum absolute atomic E-state index is 0.165. The summed E-state index contributed by atoms with van der Waals surface area (Å²) in [4.78, 5) is 14.9. The molecule has 1 heterocycles. The van der Waals surface area contributed by atoms with Crippen LogP contribution in [-0.4, -0.2) is 28.6 Å². The summed E-state index contributed by atoms with van der Waals surface area (Å²) in [5.41, 5.74) is -0.165. The van der Waals surface area contributed by atoms with Crippen molar-refractivity contribution in [2.24, 2.45) is 5.92 Å². The molecule has 3 atom stereocenters. The van der Waals surface area contributed by atoms with Crippen molar-refractivity contribution in [3.63, 3.8) is 0 Å². The van der Waals surface area contributed by atoms with Gasteiger partial charge in [-0.25, -0.2) is 0 Å². The maximum absolute atomic E-state index is 12.7. The first-order chi connectivity index (χ1) is 8.18. The van der Waals surface area contributed by atoms with Gasteiger partial charge in [-0.15, -0.1) is 0 Å². The molecular weight excluding hydrogens is 212 g/mol. The van der Waals surface area contributed by atoms with Crippen LogP contribution in [0.3, 0.4) is 0 Å². The van der Waals surface area contributed by atoms with Gasteiger partial charge in [-0.05, 0) is 31.6 Å². The molecule has 3 fully saturated rings. The highest BCUT2D eigenvalue weighted by atomic mass is 16.2. The van der Waals surface area contributed by atoms with Crippen LogP contribution in [-0.2, 0) is 4.79 Å². The lowest BCUT2D eigenvalue weighted by atomic mass is 9.98. The summed E-state index contributed by atoms with van der Waals surface area (Å²) < 4.78 is 0. The SMILES string of the molecule is CCCC1NC2(CCCC2)C(=O)N1C1CC1C. The topological polar surface area (TPSA) is 32.3 Å². The van der Waals surface area contributed by atoms with Crippen LogP contribution in [0.2, 0.25) is 0 Å². The minimum atomic E-state index is -0.165. The summed E-state index contributed by atoms with van der Waals surface area (Å²) in [6.07, 6.45) is 8.34. The second kappa shape index (κ2) is 3.98. The van der Waals surface area contributed by atoms with E-state index in [2.05, 4.69) is 24.1 Å². The minimum Gasteiger partial charge on any atom is -0.322 e. The molecule has 0 bridgehead atoms. The van der Waals surface area contributed by atoms with Crippen molar-refractivity contribution in [2.45, 2.75) is 76.5 Å². The first-order valence-corrected chi connectivity index (χ1v) is 7.28. The smallest absolute Gasteiger partial charge is 0.244 e. The third-order valence-electron chi connectivity index (χ3n) is 4.87. The summed E-state index contributed by atoms with van der Waals surface area (Å²) in [6, 6.07) is 0.534. The third-order valence-corrected chi connectivity index (χ3v) is 4.87. The number of hydrogen-bond donors (Lipinski definition) is 1. The first kappa shape index (κ1) is 11.5. The summed E-state index contributed by atoms with van der Waals surface area (Å²) in [5.74, 6) is 1.14. The molecule has 3 unspecified atom stereocenters. The van der Waals surface area contributed by atoms with Gasteiger partial charge in [0, 0.05) is 6.04 Å². The zero-order chi connectivity index (χ0) is 12.0. The number of nitrogens with one attached hydrogen (secondary N) is 1. The molecule has 2 aliphatic carbocycles. The molecule has 1 aliphatic heterocycles. The van der Waals surface area contributed by atoms with Crippen molar-refractivity contribution in [1.82, 2.24) is 10.2 Å². The van der Waals surface area contributed by atoms with E-state index in [-0.39, 0.29) is 5.54 Å². The number of rotatable bonds is 3. The molecule has 0 radical (unpaired) electrons. The Labute approximate surface area is 104 Å². The van der Waals surface area contributed by atoms with Crippen LogP contribution in [0.4, 0.5) is 0 Å². The second-order valence-electron chi connectivity index (χ2n) is 6.23. The summed E-state index contributed by atoms with van der Waals surface area (Å²) in [7, 11) is 0. The number of carbonyl (C=O) groups excluding carboxylic acids is 1. The van der Waals surface area contributed by atoms with Gasteiger partial charge in [-0.2, -0.15) is 0 Å². The highest BCUT2D eigenvalue weighted by Crippen LogP contribution is 2.44. The fourth-order valence-electron chi connectivity index (χ4n) is 3.73. The summed E-state index contributed by atoms with van der Waals surface area (Å²) in [6.45, 7) is 4.47. The molecule has 3 aliphatic rings. The third kappa shape index (κ3) is 1.70. The summed E-state index contributed by atoms with van der Waals surface area (Å²) >= 11 is 0. The van der Waals surface area contributed by atoms with Crippen LogP contribution < -0.4 is 5.32 Å². The molecule has 0 aromatic carbocycles. The molecule has 3 heteroatoms. The molecule has 1 amide bonds. The van der Waals surface area contributed by atoms with Gasteiger partial charge in [-0.1, -0.05) is 33.1 Å². The van der Waals surface area contributed by atoms with Crippen molar-refractivity contribution in [3.8, 4) is 0 Å². The van der Waals surface area contributed by atoms with E-state index in [4.69, 9.17) is 0 Å². The van der Waals surface area contributed by atoms with E-state index < -0.39 is 0 Å². The van der Waals surface area contributed by atoms with Crippen LogP contribution in [0.1, 0.15) is 58.8 Å². The maximum Gasteiger partial charge on any atom is 0.244 e. The van der Waals surface area contributed by atoms with Gasteiger partial charge in [0.15, 0.2) is 0 Å². The number of hydrogen-bond acceptors (Lipinski definition) is 2. The van der Waals surface area contributed by atoms with Crippen LogP contribution in [0.25, 0.3) is 0 Å². The van der Waals surface area contributed by atoms with Crippen molar-refractivity contribution < 1.29 is 4.79 Å². The van der Waals surface area contributed by atoms with Crippen LogP contribution in [0.5, 0.6) is 0 Å². The van der Waals surface area contributed by atoms with E-state index in [9.17, 15) is 4.79 Å². The Morgan fingerprint density at radius 2 is 2.06 bits per heavy atom. The molecule has 0 aromatic heterocycles. The Bertz CT molecular complexity index is 322. The average molecular weight is 236 g/mol. The molecule has 1 spiro atoms. The molecule has 1 saturated heterocycles. The average Bonchev–Trinajstić information content (AvgIpc) is 2.77. The van der Waals surface area contributed by atoms with Crippen molar-refractivity contribution in [1.29, 1.82) is 0 Å². The monoisotopic (exact) mass is 236 g/mol. The zero-order valence-electron chi connectivity index (χ0n) is 11.0. The highest BCUT2D eigenvalue weighted by molar-refractivity contribution is 5.89. The Morgan fingerprint density at radius 3 is 2.59 bits per heavy atom. The van der Waals surface area contributed by atoms with Crippen LogP contribution >= 0.6 is 0 Å². The number of amides is 1. The van der Waals surface area contributed by atoms with Crippen molar-refractivity contribution in [2.75, 3.05) is 0 Å². The fraction of sp³-hybridized carbons (Fsp3) is 0.929. The molecule has 2 saturated carbocycles. The Morgan fingerprint density at radius 1 is 1.41 bits per heavy atom. The fourth-order valence-corrected chi connectivity index (χ4v) is 3.73. The zero-order valence-corrected chi connectivity index (χ0v) is 11.0. The molecule has 17 heavy (non-hydrogen) atoms. The number of carbonyl (C=O) groups is 1. The predicted octanol–water partition coefficient (Wildman–Crippen LogP) is 2.27. The lowest BCUT2D eigenvalue weighted by Crippen LogP contribution is -2.44. The van der Waals surface area contributed by atoms with E-state index in [0.717, 1.165) is 31.6 Å². The van der Waals surface area contributed by atoms with Gasteiger partial charge in [0.2, 0.25) is 5.91 Å². The molecule has 1 N–H and O–H groups in total. The largest absolute Gasteiger partial charge is 0.322 e. The normalized spacial score (nSPS) is 39.3. The van der Waals surface area contributed by atoms with Gasteiger partial charge in [0.05, 0.1) is 11.7 Å². The predicted molar refractivity (Wildman–Crippen MR) is 67.4 cm³/mol. The van der Waals surface area contributed by atoms with Crippen LogP contribution in [0, 0.1) is 5.92 Å². The van der Waals surface area contributed by atoms with Crippen LogP contribution in [0.15, 0.2) is 0 Å². The highest BCUT2D eigenvalue weighted by Gasteiger charge is 2.56. The van der Waals surface area contributed by atoms with Gasteiger partial charge in [0.1, 0.15) is 0 Å². The first-order valence-electron chi connectivity index (χ1n) is 7.28. The second-order valence-corrected chi connectivity index (χ2v) is 6.23. The standard InChI is InChI=1S/C14H24N2O/c1-3-6-12-15-14(7-4-5-8-14)13(17)16(12)11-9-10(11)2/h10-12,15H,3-9H2,1-2H3. The summed E-state index contributed by atoms with van der Waals surface area (Å²) in [5, 5.41) is 3.69. The van der Waals surface area contributed by atoms with E-state index in [0.29, 0.717) is 18.1 Å². The molecule has 3 nitrogen and oxygen atoms in total. The van der Waals surface area contributed by atoms with Gasteiger partial charge < -0.3 is 4.90 Å². The lowest BCUT2D eigenvalue weighted by Gasteiger charge is -2.24. The molecular formula is C14H24N2O. The lowest BCUT2D eigenvalue weighted by molar-refractivity contribution is -0.133. The van der Waals surface area contributed by atoms with E-state index in [1.54, 1.807) is 0 Å². The Balaban J connectivity index is 1.82.